The molecule has 2 aromatic carbocycles. The first-order chi connectivity index (χ1) is 8.67. The summed E-state index contributed by atoms with van der Waals surface area (Å²) in [6.07, 6.45) is 0.575. The summed E-state index contributed by atoms with van der Waals surface area (Å²) in [7, 11) is 1.61. The van der Waals surface area contributed by atoms with Gasteiger partial charge >= 0.3 is 5.97 Å². The van der Waals surface area contributed by atoms with Crippen LogP contribution >= 0.6 is 0 Å². The number of carboxylic acids is 1. The molecule has 0 fully saturated rings. The zero-order valence-electron chi connectivity index (χ0n) is 10.5. The molecule has 0 bridgehead atoms. The van der Waals surface area contributed by atoms with Crippen LogP contribution in [0, 0.1) is 0 Å². The Kier molecular flexibility index (Phi) is 3.51. The smallest absolute Gasteiger partial charge is 0.310 e. The molecule has 3 nitrogen and oxygen atoms in total. The van der Waals surface area contributed by atoms with Gasteiger partial charge in [0.05, 0.1) is 13.0 Å². The largest absolute Gasteiger partial charge is 0.497 e. The summed E-state index contributed by atoms with van der Waals surface area (Å²) < 4.78 is 5.20. The highest BCUT2D eigenvalue weighted by Crippen LogP contribution is 2.30. The molecule has 0 aliphatic rings. The van der Waals surface area contributed by atoms with Crippen LogP contribution in [0.5, 0.6) is 5.75 Å². The van der Waals surface area contributed by atoms with Crippen molar-refractivity contribution >= 4 is 16.7 Å². The van der Waals surface area contributed by atoms with Crippen LogP contribution in [-0.4, -0.2) is 18.2 Å². The van der Waals surface area contributed by atoms with Crippen molar-refractivity contribution in [2.45, 2.75) is 19.3 Å². The van der Waals surface area contributed by atoms with E-state index in [2.05, 4.69) is 0 Å². The third-order valence-corrected chi connectivity index (χ3v) is 3.20. The monoisotopic (exact) mass is 244 g/mol. The zero-order chi connectivity index (χ0) is 13.1. The first kappa shape index (κ1) is 12.4. The number of hydrogen-bond donors (Lipinski definition) is 1. The van der Waals surface area contributed by atoms with E-state index in [9.17, 15) is 9.90 Å². The van der Waals surface area contributed by atoms with Crippen molar-refractivity contribution in [3.63, 3.8) is 0 Å². The van der Waals surface area contributed by atoms with E-state index >= 15 is 0 Å². The van der Waals surface area contributed by atoms with Crippen LogP contribution in [0.4, 0.5) is 0 Å². The molecule has 0 aliphatic carbocycles. The molecule has 0 aliphatic heterocycles. The summed E-state index contributed by atoms with van der Waals surface area (Å²) in [6.45, 7) is 1.89. The van der Waals surface area contributed by atoms with Crippen LogP contribution in [0.1, 0.15) is 24.8 Å². The molecule has 0 spiro atoms. The van der Waals surface area contributed by atoms with E-state index in [4.69, 9.17) is 4.74 Å². The number of rotatable bonds is 4. The lowest BCUT2D eigenvalue weighted by Gasteiger charge is -2.14. The van der Waals surface area contributed by atoms with Crippen molar-refractivity contribution in [3.8, 4) is 5.75 Å². The summed E-state index contributed by atoms with van der Waals surface area (Å²) in [5.74, 6) is -0.510. The fourth-order valence-electron chi connectivity index (χ4n) is 2.23. The lowest BCUT2D eigenvalue weighted by Crippen LogP contribution is -2.10. The molecule has 0 amide bonds. The molecule has 0 saturated carbocycles. The van der Waals surface area contributed by atoms with Crippen LogP contribution in [-0.2, 0) is 4.79 Å². The third kappa shape index (κ3) is 2.16. The second-order valence-corrected chi connectivity index (χ2v) is 4.23. The van der Waals surface area contributed by atoms with Gasteiger partial charge in [0.15, 0.2) is 0 Å². The van der Waals surface area contributed by atoms with Crippen LogP contribution in [0.3, 0.4) is 0 Å². The van der Waals surface area contributed by atoms with E-state index in [-0.39, 0.29) is 0 Å². The number of benzene rings is 2. The van der Waals surface area contributed by atoms with E-state index in [1.54, 1.807) is 7.11 Å². The van der Waals surface area contributed by atoms with Gasteiger partial charge in [-0.05, 0) is 34.9 Å². The van der Waals surface area contributed by atoms with E-state index in [1.165, 1.54) is 0 Å². The number of carbonyl (C=O) groups is 1. The Labute approximate surface area is 106 Å². The predicted molar refractivity (Wildman–Crippen MR) is 71.2 cm³/mol. The molecule has 0 saturated heterocycles. The second-order valence-electron chi connectivity index (χ2n) is 4.23. The molecule has 0 heterocycles. The quantitative estimate of drug-likeness (QED) is 0.896. The molecule has 1 atom stereocenters. The van der Waals surface area contributed by atoms with Crippen molar-refractivity contribution in [3.05, 3.63) is 42.0 Å². The van der Waals surface area contributed by atoms with Crippen molar-refractivity contribution < 1.29 is 14.6 Å². The van der Waals surface area contributed by atoms with Crippen LogP contribution in [0.15, 0.2) is 36.4 Å². The van der Waals surface area contributed by atoms with Crippen LogP contribution in [0.2, 0.25) is 0 Å². The summed E-state index contributed by atoms with van der Waals surface area (Å²) in [5.41, 5.74) is 0.849. The van der Waals surface area contributed by atoms with E-state index in [1.807, 2.05) is 43.3 Å². The summed E-state index contributed by atoms with van der Waals surface area (Å²) >= 11 is 0. The number of fused-ring (bicyclic) bond motifs is 1. The van der Waals surface area contributed by atoms with E-state index in [0.717, 1.165) is 22.1 Å². The second kappa shape index (κ2) is 5.08. The Morgan fingerprint density at radius 1 is 1.33 bits per heavy atom. The summed E-state index contributed by atoms with van der Waals surface area (Å²) in [5, 5.41) is 11.3. The molecule has 3 heteroatoms. The average molecular weight is 244 g/mol. The van der Waals surface area contributed by atoms with Crippen LogP contribution < -0.4 is 4.74 Å². The van der Waals surface area contributed by atoms with Gasteiger partial charge in [0.25, 0.3) is 0 Å². The minimum Gasteiger partial charge on any atom is -0.497 e. The number of ether oxygens (including phenoxy) is 1. The molecular formula is C15H16O3. The van der Waals surface area contributed by atoms with Gasteiger partial charge in [0.2, 0.25) is 0 Å². The minimum absolute atomic E-state index is 0.471. The van der Waals surface area contributed by atoms with Crippen molar-refractivity contribution in [1.29, 1.82) is 0 Å². The minimum atomic E-state index is -0.784. The molecule has 94 valence electrons. The number of aliphatic carboxylic acids is 1. The van der Waals surface area contributed by atoms with Crippen molar-refractivity contribution in [1.82, 2.24) is 0 Å². The molecule has 1 N–H and O–H groups in total. The molecule has 0 aromatic heterocycles. The van der Waals surface area contributed by atoms with Crippen molar-refractivity contribution in [2.75, 3.05) is 7.11 Å². The normalized spacial score (nSPS) is 12.3. The van der Waals surface area contributed by atoms with Gasteiger partial charge in [0, 0.05) is 0 Å². The topological polar surface area (TPSA) is 46.5 Å². The van der Waals surface area contributed by atoms with Gasteiger partial charge < -0.3 is 9.84 Å². The fourth-order valence-corrected chi connectivity index (χ4v) is 2.23. The molecule has 2 aromatic rings. The highest BCUT2D eigenvalue weighted by Gasteiger charge is 2.19. The van der Waals surface area contributed by atoms with Gasteiger partial charge in [-0.1, -0.05) is 31.2 Å². The molecule has 1 unspecified atom stereocenters. The first-order valence-electron chi connectivity index (χ1n) is 5.96. The highest BCUT2D eigenvalue weighted by molar-refractivity contribution is 5.91. The first-order valence-corrected chi connectivity index (χ1v) is 5.96. The van der Waals surface area contributed by atoms with Gasteiger partial charge in [-0.25, -0.2) is 0 Å². The van der Waals surface area contributed by atoms with Crippen molar-refractivity contribution in [2.24, 2.45) is 0 Å². The zero-order valence-corrected chi connectivity index (χ0v) is 10.5. The molecule has 2 rings (SSSR count). The molecule has 18 heavy (non-hydrogen) atoms. The maximum Gasteiger partial charge on any atom is 0.310 e. The number of methoxy groups -OCH3 is 1. The van der Waals surface area contributed by atoms with Gasteiger partial charge in [-0.2, -0.15) is 0 Å². The molecular weight excluding hydrogens is 228 g/mol. The molecule has 0 radical (unpaired) electrons. The van der Waals surface area contributed by atoms with E-state index in [0.29, 0.717) is 6.42 Å². The maximum atomic E-state index is 11.3. The Hall–Kier alpha value is -2.03. The van der Waals surface area contributed by atoms with Gasteiger partial charge in [-0.3, -0.25) is 4.79 Å². The van der Waals surface area contributed by atoms with Gasteiger partial charge in [-0.15, -0.1) is 0 Å². The Morgan fingerprint density at radius 2 is 2.11 bits per heavy atom. The highest BCUT2D eigenvalue weighted by atomic mass is 16.5. The standard InChI is InChI=1S/C15H16O3/c1-3-12(15(16)17)13-6-4-5-10-7-8-11(18-2)9-14(10)13/h4-9,12H,3H2,1-2H3,(H,16,17). The van der Waals surface area contributed by atoms with Crippen LogP contribution in [0.25, 0.3) is 10.8 Å². The fraction of sp³-hybridized carbons (Fsp3) is 0.267. The summed E-state index contributed by atoms with van der Waals surface area (Å²) in [4.78, 5) is 11.3. The Balaban J connectivity index is 2.65. The predicted octanol–water partition coefficient (Wildman–Crippen LogP) is 3.43. The lowest BCUT2D eigenvalue weighted by atomic mass is 9.91. The SMILES string of the molecule is CCC(C(=O)O)c1cccc2ccc(OC)cc12. The maximum absolute atomic E-state index is 11.3. The Bertz CT molecular complexity index is 575. The van der Waals surface area contributed by atoms with E-state index < -0.39 is 11.9 Å². The van der Waals surface area contributed by atoms with Gasteiger partial charge in [0.1, 0.15) is 5.75 Å². The number of hydrogen-bond acceptors (Lipinski definition) is 2. The lowest BCUT2D eigenvalue weighted by molar-refractivity contribution is -0.138. The number of carboxylic acid groups (broad SMARTS) is 1. The third-order valence-electron chi connectivity index (χ3n) is 3.20. The average Bonchev–Trinajstić information content (AvgIpc) is 2.39. The summed E-state index contributed by atoms with van der Waals surface area (Å²) in [6, 6.07) is 11.5. The Morgan fingerprint density at radius 3 is 2.72 bits per heavy atom.